The molecule has 2 unspecified atom stereocenters. The molecule has 3 aromatic rings. The molecule has 47 heavy (non-hydrogen) atoms. The van der Waals surface area contributed by atoms with Gasteiger partial charge in [-0.25, -0.2) is 4.98 Å². The smallest absolute Gasteiger partial charge is 0.370 e. The van der Waals surface area contributed by atoms with E-state index in [0.29, 0.717) is 69.5 Å². The molecule has 1 aliphatic heterocycles. The van der Waals surface area contributed by atoms with E-state index >= 15 is 0 Å². The van der Waals surface area contributed by atoms with Crippen LogP contribution in [0.1, 0.15) is 68.8 Å². The van der Waals surface area contributed by atoms with Crippen LogP contribution in [0.15, 0.2) is 24.3 Å². The summed E-state index contributed by atoms with van der Waals surface area (Å²) in [5.41, 5.74) is 3.33. The van der Waals surface area contributed by atoms with E-state index in [-0.39, 0.29) is 37.1 Å². The molecule has 6 rings (SSSR count). The molecule has 3 N–H and O–H groups in total. The number of hydrogen-bond donors (Lipinski definition) is 3. The van der Waals surface area contributed by atoms with Gasteiger partial charge in [0.2, 0.25) is 11.9 Å². The Balaban J connectivity index is 1.24. The molecule has 2 saturated carbocycles. The number of nitrogens with zero attached hydrogens (tertiary/aromatic N) is 3. The van der Waals surface area contributed by atoms with Crippen LogP contribution in [0.25, 0.3) is 11.0 Å². The molecule has 1 aromatic heterocycles. The molecule has 2 aromatic carbocycles. The number of amides is 2. The summed E-state index contributed by atoms with van der Waals surface area (Å²) in [5.74, 6) is 0.150. The normalized spacial score (nSPS) is 22.7. The first-order chi connectivity index (χ1) is 22.1. The van der Waals surface area contributed by atoms with Crippen molar-refractivity contribution in [3.63, 3.8) is 0 Å². The number of imidazole rings is 1. The van der Waals surface area contributed by atoms with Gasteiger partial charge in [-0.1, -0.05) is 50.0 Å². The highest BCUT2D eigenvalue weighted by Gasteiger charge is 2.46. The summed E-state index contributed by atoms with van der Waals surface area (Å²) in [6, 6.07) is 7.26. The van der Waals surface area contributed by atoms with Crippen LogP contribution in [-0.4, -0.2) is 47.2 Å². The van der Waals surface area contributed by atoms with Crippen LogP contribution in [0, 0.1) is 29.1 Å². The second-order valence-electron chi connectivity index (χ2n) is 14.4. The van der Waals surface area contributed by atoms with E-state index in [2.05, 4.69) is 20.9 Å². The lowest BCUT2D eigenvalue weighted by molar-refractivity contribution is -0.183. The number of aryl methyl sites for hydroxylation is 1. The van der Waals surface area contributed by atoms with Crippen LogP contribution in [0.3, 0.4) is 0 Å². The highest BCUT2D eigenvalue weighted by molar-refractivity contribution is 6.39. The van der Waals surface area contributed by atoms with Gasteiger partial charge in [0, 0.05) is 38.6 Å². The molecule has 0 spiro atoms. The molecule has 0 radical (unpaired) electrons. The molecule has 8 nitrogen and oxygen atoms in total. The lowest BCUT2D eigenvalue weighted by Gasteiger charge is -2.30. The van der Waals surface area contributed by atoms with Crippen LogP contribution < -0.4 is 20.9 Å². The number of carbonyl (C=O) groups excluding carboxylic acids is 2. The average Bonchev–Trinajstić information content (AvgIpc) is 3.50. The van der Waals surface area contributed by atoms with E-state index in [4.69, 9.17) is 28.2 Å². The van der Waals surface area contributed by atoms with Crippen molar-refractivity contribution in [1.29, 1.82) is 0 Å². The van der Waals surface area contributed by atoms with Gasteiger partial charge in [-0.05, 0) is 73.6 Å². The maximum Gasteiger partial charge on any atom is 0.391 e. The SMILES string of the molecule is Cn1c(Nc2c(Cl)ccc(CNC(=O)C(C)(C)C)c2Cl)nc2cc(C(=O)NCC3CCC(C(F)(F)F)CC3)c(N3CC4CC4C3)cc21. The third-order valence-corrected chi connectivity index (χ3v) is 10.7. The average molecular weight is 694 g/mol. The number of benzene rings is 2. The number of anilines is 3. The summed E-state index contributed by atoms with van der Waals surface area (Å²) in [4.78, 5) is 33.2. The van der Waals surface area contributed by atoms with Crippen molar-refractivity contribution in [1.82, 2.24) is 20.2 Å². The maximum absolute atomic E-state index is 13.7. The number of halogens is 5. The van der Waals surface area contributed by atoms with Gasteiger partial charge in [0.25, 0.3) is 5.91 Å². The minimum Gasteiger partial charge on any atom is -0.370 e. The Morgan fingerprint density at radius 2 is 1.68 bits per heavy atom. The molecule has 0 bridgehead atoms. The predicted molar refractivity (Wildman–Crippen MR) is 179 cm³/mol. The Bertz CT molecular complexity index is 1680. The van der Waals surface area contributed by atoms with E-state index in [0.717, 1.165) is 24.3 Å². The Labute approximate surface area is 282 Å². The number of rotatable bonds is 8. The van der Waals surface area contributed by atoms with Gasteiger partial charge in [-0.2, -0.15) is 13.2 Å². The number of hydrogen-bond acceptors (Lipinski definition) is 5. The number of piperidine rings is 1. The fourth-order valence-corrected chi connectivity index (χ4v) is 7.33. The van der Waals surface area contributed by atoms with Crippen LogP contribution in [0.4, 0.5) is 30.5 Å². The van der Waals surface area contributed by atoms with E-state index in [1.165, 1.54) is 6.42 Å². The van der Waals surface area contributed by atoms with Crippen molar-refractivity contribution in [3.8, 4) is 0 Å². The Morgan fingerprint density at radius 3 is 2.32 bits per heavy atom. The zero-order chi connectivity index (χ0) is 33.8. The highest BCUT2D eigenvalue weighted by Crippen LogP contribution is 2.47. The minimum atomic E-state index is -4.16. The van der Waals surface area contributed by atoms with E-state index in [1.54, 1.807) is 18.2 Å². The maximum atomic E-state index is 13.7. The zero-order valence-electron chi connectivity index (χ0n) is 27.0. The summed E-state index contributed by atoms with van der Waals surface area (Å²) >= 11 is 13.4. The van der Waals surface area contributed by atoms with Crippen molar-refractivity contribution in [2.45, 2.75) is 65.6 Å². The Morgan fingerprint density at radius 1 is 1.00 bits per heavy atom. The first-order valence-electron chi connectivity index (χ1n) is 16.2. The zero-order valence-corrected chi connectivity index (χ0v) is 28.5. The second kappa shape index (κ2) is 12.7. The molecule has 2 amide bonds. The van der Waals surface area contributed by atoms with E-state index in [1.807, 2.05) is 38.5 Å². The number of nitrogens with one attached hydrogen (secondary N) is 3. The third-order valence-electron chi connectivity index (χ3n) is 9.95. The minimum absolute atomic E-state index is 0.0156. The predicted octanol–water partition coefficient (Wildman–Crippen LogP) is 7.84. The van der Waals surface area contributed by atoms with Crippen molar-refractivity contribution >= 4 is 63.4 Å². The summed E-state index contributed by atoms with van der Waals surface area (Å²) in [7, 11) is 1.87. The summed E-state index contributed by atoms with van der Waals surface area (Å²) < 4.78 is 41.3. The summed E-state index contributed by atoms with van der Waals surface area (Å²) in [6.45, 7) is 7.84. The first kappa shape index (κ1) is 33.7. The second-order valence-corrected chi connectivity index (χ2v) is 15.2. The van der Waals surface area contributed by atoms with Crippen molar-refractivity contribution in [2.75, 3.05) is 29.9 Å². The molecule has 13 heteroatoms. The monoisotopic (exact) mass is 692 g/mol. The molecular weight excluding hydrogens is 652 g/mol. The van der Waals surface area contributed by atoms with Gasteiger partial charge in [0.1, 0.15) is 0 Å². The van der Waals surface area contributed by atoms with Crippen LogP contribution in [0.5, 0.6) is 0 Å². The number of fused-ring (bicyclic) bond motifs is 2. The van der Waals surface area contributed by atoms with Crippen molar-refractivity contribution < 1.29 is 22.8 Å². The van der Waals surface area contributed by atoms with Gasteiger partial charge in [0.15, 0.2) is 0 Å². The van der Waals surface area contributed by atoms with E-state index < -0.39 is 17.5 Å². The first-order valence-corrected chi connectivity index (χ1v) is 17.0. The number of alkyl halides is 3. The topological polar surface area (TPSA) is 91.3 Å². The summed E-state index contributed by atoms with van der Waals surface area (Å²) in [5, 5.41) is 9.95. The van der Waals surface area contributed by atoms with Crippen LogP contribution in [-0.2, 0) is 18.4 Å². The van der Waals surface area contributed by atoms with Gasteiger partial charge in [-0.3, -0.25) is 9.59 Å². The molecular formula is C34H41Cl2F3N6O2. The van der Waals surface area contributed by atoms with E-state index in [9.17, 15) is 22.8 Å². The number of aromatic nitrogens is 2. The largest absolute Gasteiger partial charge is 0.391 e. The van der Waals surface area contributed by atoms with Crippen LogP contribution in [0.2, 0.25) is 10.0 Å². The van der Waals surface area contributed by atoms with Crippen molar-refractivity contribution in [2.24, 2.45) is 36.1 Å². The third kappa shape index (κ3) is 7.16. The van der Waals surface area contributed by atoms with Crippen LogP contribution >= 0.6 is 23.2 Å². The lowest BCUT2D eigenvalue weighted by atomic mass is 9.81. The molecule has 2 heterocycles. The number of carbonyl (C=O) groups is 2. The Hall–Kier alpha value is -3.18. The van der Waals surface area contributed by atoms with Crippen molar-refractivity contribution in [3.05, 3.63) is 45.4 Å². The van der Waals surface area contributed by atoms with Gasteiger partial charge < -0.3 is 25.4 Å². The fourth-order valence-electron chi connectivity index (χ4n) is 6.80. The quantitative estimate of drug-likeness (QED) is 0.224. The van der Waals surface area contributed by atoms with Gasteiger partial charge in [-0.15, -0.1) is 0 Å². The molecule has 1 saturated heterocycles. The summed E-state index contributed by atoms with van der Waals surface area (Å²) in [6.07, 6.45) is -1.86. The molecule has 3 fully saturated rings. The molecule has 2 atom stereocenters. The highest BCUT2D eigenvalue weighted by atomic mass is 35.5. The molecule has 3 aliphatic rings. The molecule has 254 valence electrons. The standard InChI is InChI=1S/C34H41Cl2F3N6O2/c1-33(2,3)31(47)41-15-19-7-10-24(35)29(28(19)36)43-32-42-25-12-23(26(13-27(25)44(32)4)45-16-20-11-21(20)17-45)30(46)40-14-18-5-8-22(9-6-18)34(37,38)39/h7,10,12-13,18,20-22H,5-6,8-9,11,14-17H2,1-4H3,(H,40,46)(H,41,47)(H,42,43). The fraction of sp³-hybridized carbons (Fsp3) is 0.559. The lowest BCUT2D eigenvalue weighted by Crippen LogP contribution is -2.35. The van der Waals surface area contributed by atoms with Gasteiger partial charge in [0.05, 0.1) is 43.9 Å². The molecule has 2 aliphatic carbocycles. The van der Waals surface area contributed by atoms with Gasteiger partial charge >= 0.3 is 6.18 Å². The Kier molecular flexibility index (Phi) is 9.10.